The van der Waals surface area contributed by atoms with E-state index in [1.165, 1.54) is 11.6 Å². The van der Waals surface area contributed by atoms with Crippen LogP contribution in [0.4, 0.5) is 4.39 Å². The Morgan fingerprint density at radius 1 is 1.53 bits per heavy atom. The van der Waals surface area contributed by atoms with Crippen molar-refractivity contribution in [3.8, 4) is 0 Å². The van der Waals surface area contributed by atoms with Gasteiger partial charge in [0.05, 0.1) is 12.7 Å². The van der Waals surface area contributed by atoms with Crippen molar-refractivity contribution < 1.29 is 9.13 Å². The highest BCUT2D eigenvalue weighted by Crippen LogP contribution is 2.27. The fourth-order valence-corrected chi connectivity index (χ4v) is 1.94. The number of nitrogens with one attached hydrogen (secondary N) is 1. The van der Waals surface area contributed by atoms with Gasteiger partial charge in [-0.05, 0) is 36.2 Å². The number of fused-ring (bicyclic) bond motifs is 1. The molecule has 1 aliphatic heterocycles. The zero-order valence-electron chi connectivity index (χ0n) is 8.92. The smallest absolute Gasteiger partial charge is 0.123 e. The van der Waals surface area contributed by atoms with E-state index in [0.717, 1.165) is 31.7 Å². The minimum Gasteiger partial charge on any atom is -0.372 e. The van der Waals surface area contributed by atoms with E-state index >= 15 is 0 Å². The molecule has 0 aromatic heterocycles. The SMILES string of the molecule is CCNCC1OCCc2ccc(F)cc21. The number of benzene rings is 1. The van der Waals surface area contributed by atoms with Gasteiger partial charge in [0.25, 0.3) is 0 Å². The van der Waals surface area contributed by atoms with Crippen LogP contribution in [0, 0.1) is 5.82 Å². The summed E-state index contributed by atoms with van der Waals surface area (Å²) < 4.78 is 18.7. The van der Waals surface area contributed by atoms with E-state index in [9.17, 15) is 4.39 Å². The van der Waals surface area contributed by atoms with Gasteiger partial charge in [0, 0.05) is 6.54 Å². The lowest BCUT2D eigenvalue weighted by atomic mass is 9.97. The van der Waals surface area contributed by atoms with Crippen molar-refractivity contribution in [1.29, 1.82) is 0 Å². The quantitative estimate of drug-likeness (QED) is 0.822. The van der Waals surface area contributed by atoms with E-state index in [-0.39, 0.29) is 11.9 Å². The Hall–Kier alpha value is -0.930. The fraction of sp³-hybridized carbons (Fsp3) is 0.500. The topological polar surface area (TPSA) is 21.3 Å². The van der Waals surface area contributed by atoms with Crippen LogP contribution in [0.5, 0.6) is 0 Å². The molecule has 0 fully saturated rings. The lowest BCUT2D eigenvalue weighted by Gasteiger charge is -2.26. The molecule has 3 heteroatoms. The summed E-state index contributed by atoms with van der Waals surface area (Å²) in [6, 6.07) is 4.98. The van der Waals surface area contributed by atoms with Crippen LogP contribution in [0.15, 0.2) is 18.2 Å². The van der Waals surface area contributed by atoms with E-state index in [0.29, 0.717) is 0 Å². The lowest BCUT2D eigenvalue weighted by Crippen LogP contribution is -2.27. The van der Waals surface area contributed by atoms with Crippen molar-refractivity contribution in [2.24, 2.45) is 0 Å². The van der Waals surface area contributed by atoms with Gasteiger partial charge >= 0.3 is 0 Å². The van der Waals surface area contributed by atoms with Crippen molar-refractivity contribution in [1.82, 2.24) is 5.32 Å². The maximum Gasteiger partial charge on any atom is 0.123 e. The molecule has 0 aliphatic carbocycles. The van der Waals surface area contributed by atoms with Crippen LogP contribution in [-0.2, 0) is 11.2 Å². The zero-order valence-corrected chi connectivity index (χ0v) is 8.92. The molecule has 1 atom stereocenters. The summed E-state index contributed by atoms with van der Waals surface area (Å²) >= 11 is 0. The first-order chi connectivity index (χ1) is 7.31. The van der Waals surface area contributed by atoms with Gasteiger partial charge in [-0.25, -0.2) is 4.39 Å². The first kappa shape index (κ1) is 10.6. The maximum absolute atomic E-state index is 13.1. The molecule has 82 valence electrons. The summed E-state index contributed by atoms with van der Waals surface area (Å²) in [6.07, 6.45) is 0.891. The molecule has 0 saturated heterocycles. The molecule has 1 unspecified atom stereocenters. The maximum atomic E-state index is 13.1. The number of ether oxygens (including phenoxy) is 1. The Morgan fingerprint density at radius 2 is 2.40 bits per heavy atom. The second-order valence-electron chi connectivity index (χ2n) is 3.76. The van der Waals surface area contributed by atoms with Crippen molar-refractivity contribution in [3.05, 3.63) is 35.1 Å². The molecule has 0 amide bonds. The molecule has 0 radical (unpaired) electrons. The standard InChI is InChI=1S/C12H16FNO/c1-2-14-8-12-11-7-10(13)4-3-9(11)5-6-15-12/h3-4,7,12,14H,2,5-6,8H2,1H3. The molecule has 1 aromatic rings. The Kier molecular flexibility index (Phi) is 3.34. The number of hydrogen-bond donors (Lipinski definition) is 1. The average molecular weight is 209 g/mol. The van der Waals surface area contributed by atoms with Crippen molar-refractivity contribution in [3.63, 3.8) is 0 Å². The van der Waals surface area contributed by atoms with Gasteiger partial charge in [0.2, 0.25) is 0 Å². The number of hydrogen-bond acceptors (Lipinski definition) is 2. The van der Waals surface area contributed by atoms with Crippen molar-refractivity contribution in [2.45, 2.75) is 19.4 Å². The highest BCUT2D eigenvalue weighted by molar-refractivity contribution is 5.31. The van der Waals surface area contributed by atoms with E-state index in [1.54, 1.807) is 6.07 Å². The first-order valence-corrected chi connectivity index (χ1v) is 5.42. The molecule has 0 spiro atoms. The lowest BCUT2D eigenvalue weighted by molar-refractivity contribution is 0.0426. The van der Waals surface area contributed by atoms with E-state index < -0.39 is 0 Å². The fourth-order valence-electron chi connectivity index (χ4n) is 1.94. The first-order valence-electron chi connectivity index (χ1n) is 5.42. The molecule has 15 heavy (non-hydrogen) atoms. The number of likely N-dealkylation sites (N-methyl/N-ethyl adjacent to an activating group) is 1. The molecule has 2 nitrogen and oxygen atoms in total. The zero-order chi connectivity index (χ0) is 10.7. The normalized spacial score (nSPS) is 20.0. The summed E-state index contributed by atoms with van der Waals surface area (Å²) in [4.78, 5) is 0. The molecular weight excluding hydrogens is 193 g/mol. The summed E-state index contributed by atoms with van der Waals surface area (Å²) in [7, 11) is 0. The molecule has 1 N–H and O–H groups in total. The summed E-state index contributed by atoms with van der Waals surface area (Å²) in [6.45, 7) is 4.45. The van der Waals surface area contributed by atoms with Crippen molar-refractivity contribution in [2.75, 3.05) is 19.7 Å². The van der Waals surface area contributed by atoms with E-state index in [4.69, 9.17) is 4.74 Å². The van der Waals surface area contributed by atoms with E-state index in [2.05, 4.69) is 12.2 Å². The third kappa shape index (κ3) is 2.36. The summed E-state index contributed by atoms with van der Waals surface area (Å²) in [5.41, 5.74) is 2.22. The van der Waals surface area contributed by atoms with Gasteiger partial charge < -0.3 is 10.1 Å². The van der Waals surface area contributed by atoms with Crippen LogP contribution in [0.2, 0.25) is 0 Å². The van der Waals surface area contributed by atoms with Crippen LogP contribution in [-0.4, -0.2) is 19.7 Å². The molecule has 0 saturated carbocycles. The molecule has 0 bridgehead atoms. The summed E-state index contributed by atoms with van der Waals surface area (Å²) in [5.74, 6) is -0.180. The molecule has 2 rings (SSSR count). The predicted octanol–water partition coefficient (Wildman–Crippen LogP) is 2.05. The van der Waals surface area contributed by atoms with Crippen molar-refractivity contribution >= 4 is 0 Å². The molecule has 1 aromatic carbocycles. The van der Waals surface area contributed by atoms with Crippen LogP contribution in [0.1, 0.15) is 24.2 Å². The van der Waals surface area contributed by atoms with Crippen LogP contribution >= 0.6 is 0 Å². The van der Waals surface area contributed by atoms with Gasteiger partial charge in [0.15, 0.2) is 0 Å². The Bertz CT molecular complexity index is 340. The minimum absolute atomic E-state index is 0.00407. The Labute approximate surface area is 89.4 Å². The summed E-state index contributed by atoms with van der Waals surface area (Å²) in [5, 5.41) is 3.23. The van der Waals surface area contributed by atoms with Crippen LogP contribution in [0.25, 0.3) is 0 Å². The Balaban J connectivity index is 2.20. The van der Waals surface area contributed by atoms with Gasteiger partial charge in [0.1, 0.15) is 5.82 Å². The van der Waals surface area contributed by atoms with Gasteiger partial charge in [-0.1, -0.05) is 13.0 Å². The van der Waals surface area contributed by atoms with Gasteiger partial charge in [-0.15, -0.1) is 0 Å². The number of rotatable bonds is 3. The number of halogens is 1. The molecule has 1 aliphatic rings. The monoisotopic (exact) mass is 209 g/mol. The second kappa shape index (κ2) is 4.73. The highest BCUT2D eigenvalue weighted by Gasteiger charge is 2.20. The average Bonchev–Trinajstić information content (AvgIpc) is 2.26. The minimum atomic E-state index is -0.180. The second-order valence-corrected chi connectivity index (χ2v) is 3.76. The van der Waals surface area contributed by atoms with Crippen LogP contribution < -0.4 is 5.32 Å². The largest absolute Gasteiger partial charge is 0.372 e. The third-order valence-corrected chi connectivity index (χ3v) is 2.72. The van der Waals surface area contributed by atoms with Crippen LogP contribution in [0.3, 0.4) is 0 Å². The Morgan fingerprint density at radius 3 is 3.20 bits per heavy atom. The third-order valence-electron chi connectivity index (χ3n) is 2.72. The molecular formula is C12H16FNO. The molecule has 1 heterocycles. The van der Waals surface area contributed by atoms with Gasteiger partial charge in [-0.3, -0.25) is 0 Å². The van der Waals surface area contributed by atoms with E-state index in [1.807, 2.05) is 6.07 Å². The van der Waals surface area contributed by atoms with Gasteiger partial charge in [-0.2, -0.15) is 0 Å². The predicted molar refractivity (Wildman–Crippen MR) is 57.3 cm³/mol. The highest BCUT2D eigenvalue weighted by atomic mass is 19.1.